The topological polar surface area (TPSA) is 52.6 Å². The summed E-state index contributed by atoms with van der Waals surface area (Å²) in [5, 5.41) is 0. The second-order valence-electron chi connectivity index (χ2n) is 4.78. The summed E-state index contributed by atoms with van der Waals surface area (Å²) < 4.78 is 10.3. The molecule has 112 valence electrons. The van der Waals surface area contributed by atoms with Crippen molar-refractivity contribution in [3.05, 3.63) is 24.3 Å². The van der Waals surface area contributed by atoms with Crippen LogP contribution in [0.4, 0.5) is 0 Å². The van der Waals surface area contributed by atoms with Crippen molar-refractivity contribution in [2.45, 2.75) is 40.0 Å². The molecule has 0 amide bonds. The number of hydrogen-bond acceptors (Lipinski definition) is 4. The highest BCUT2D eigenvalue weighted by molar-refractivity contribution is 6.03. The monoisotopic (exact) mass is 280 g/mol. The highest BCUT2D eigenvalue weighted by Crippen LogP contribution is 2.39. The quantitative estimate of drug-likeness (QED) is 0.426. The minimum atomic E-state index is -1.35. The lowest BCUT2D eigenvalue weighted by Gasteiger charge is -2.33. The predicted molar refractivity (Wildman–Crippen MR) is 77.0 cm³/mol. The number of hydrogen-bond donors (Lipinski definition) is 0. The van der Waals surface area contributed by atoms with Gasteiger partial charge in [-0.15, -0.1) is 0 Å². The lowest BCUT2D eigenvalue weighted by molar-refractivity contribution is -0.171. The summed E-state index contributed by atoms with van der Waals surface area (Å²) in [5.41, 5.74) is -1.35. The smallest absolute Gasteiger partial charge is 0.328 e. The average molecular weight is 280 g/mol. The minimum absolute atomic E-state index is 0.203. The van der Waals surface area contributed by atoms with E-state index in [9.17, 15) is 9.59 Å². The number of ether oxygens (including phenoxy) is 2. The number of esters is 2. The van der Waals surface area contributed by atoms with E-state index in [0.29, 0.717) is 0 Å². The summed E-state index contributed by atoms with van der Waals surface area (Å²) >= 11 is 0. The van der Waals surface area contributed by atoms with Crippen LogP contribution in [0.5, 0.6) is 0 Å². The molecule has 0 aliphatic heterocycles. The molecule has 0 aromatic rings. The molecule has 0 saturated carbocycles. The first kappa shape index (κ1) is 16.5. The molecule has 0 spiro atoms. The third kappa shape index (κ3) is 3.30. The Morgan fingerprint density at radius 3 is 2.25 bits per heavy atom. The lowest BCUT2D eigenvalue weighted by atomic mass is 9.71. The van der Waals surface area contributed by atoms with Crippen LogP contribution >= 0.6 is 0 Å². The maximum atomic E-state index is 12.5. The first-order valence-corrected chi connectivity index (χ1v) is 7.28. The molecule has 0 heterocycles. The fourth-order valence-electron chi connectivity index (χ4n) is 2.60. The van der Waals surface area contributed by atoms with Gasteiger partial charge in [0.05, 0.1) is 13.2 Å². The van der Waals surface area contributed by atoms with Crippen molar-refractivity contribution in [3.63, 3.8) is 0 Å². The van der Waals surface area contributed by atoms with E-state index in [1.165, 1.54) is 0 Å². The summed E-state index contributed by atoms with van der Waals surface area (Å²) in [4.78, 5) is 24.9. The Morgan fingerprint density at radius 2 is 1.85 bits per heavy atom. The van der Waals surface area contributed by atoms with Crippen LogP contribution in [0.15, 0.2) is 24.3 Å². The summed E-state index contributed by atoms with van der Waals surface area (Å²) in [6.45, 7) is 5.75. The molecular weight excluding hydrogens is 256 g/mol. The SMILES string of the molecule is C/C=C/C(C(=O)OCC)(C(=O)OCC)C1C=CCCC1. The molecule has 0 bridgehead atoms. The van der Waals surface area contributed by atoms with Crippen molar-refractivity contribution in [1.29, 1.82) is 0 Å². The molecule has 1 aliphatic carbocycles. The van der Waals surface area contributed by atoms with Crippen molar-refractivity contribution in [2.75, 3.05) is 13.2 Å². The Labute approximate surface area is 120 Å². The molecule has 0 aromatic carbocycles. The first-order valence-electron chi connectivity index (χ1n) is 7.28. The molecule has 4 nitrogen and oxygen atoms in total. The summed E-state index contributed by atoms with van der Waals surface area (Å²) in [7, 11) is 0. The Bertz CT molecular complexity index is 377. The molecule has 0 fully saturated rings. The third-order valence-corrected chi connectivity index (χ3v) is 3.50. The van der Waals surface area contributed by atoms with E-state index in [0.717, 1.165) is 19.3 Å². The van der Waals surface area contributed by atoms with Crippen molar-refractivity contribution in [1.82, 2.24) is 0 Å². The second kappa shape index (κ2) is 7.88. The van der Waals surface area contributed by atoms with E-state index < -0.39 is 17.4 Å². The molecule has 4 heteroatoms. The van der Waals surface area contributed by atoms with Gasteiger partial charge in [0.15, 0.2) is 5.41 Å². The van der Waals surface area contributed by atoms with Gasteiger partial charge in [0.2, 0.25) is 0 Å². The Morgan fingerprint density at radius 1 is 1.25 bits per heavy atom. The molecular formula is C16H24O4. The van der Waals surface area contributed by atoms with Crippen LogP contribution in [0.1, 0.15) is 40.0 Å². The highest BCUT2D eigenvalue weighted by atomic mass is 16.6. The van der Waals surface area contributed by atoms with Crippen molar-refractivity contribution in [2.24, 2.45) is 11.3 Å². The van der Waals surface area contributed by atoms with Crippen molar-refractivity contribution in [3.8, 4) is 0 Å². The molecule has 0 saturated heterocycles. The van der Waals surface area contributed by atoms with Gasteiger partial charge in [-0.3, -0.25) is 9.59 Å². The average Bonchev–Trinajstić information content (AvgIpc) is 2.46. The fourth-order valence-corrected chi connectivity index (χ4v) is 2.60. The van der Waals surface area contributed by atoms with E-state index in [-0.39, 0.29) is 19.1 Å². The lowest BCUT2D eigenvalue weighted by Crippen LogP contribution is -2.46. The third-order valence-electron chi connectivity index (χ3n) is 3.50. The summed E-state index contributed by atoms with van der Waals surface area (Å²) in [6.07, 6.45) is 10.0. The maximum absolute atomic E-state index is 12.5. The Kier molecular flexibility index (Phi) is 6.49. The molecule has 1 aliphatic rings. The van der Waals surface area contributed by atoms with E-state index in [1.54, 1.807) is 32.9 Å². The molecule has 1 unspecified atom stereocenters. The summed E-state index contributed by atoms with van der Waals surface area (Å²) in [6, 6.07) is 0. The van der Waals surface area contributed by atoms with Gasteiger partial charge in [-0.25, -0.2) is 0 Å². The van der Waals surface area contributed by atoms with Gasteiger partial charge in [-0.05, 0) is 40.0 Å². The van der Waals surface area contributed by atoms with Gasteiger partial charge in [0.1, 0.15) is 0 Å². The van der Waals surface area contributed by atoms with Gasteiger partial charge in [-0.2, -0.15) is 0 Å². The van der Waals surface area contributed by atoms with Crippen molar-refractivity contribution < 1.29 is 19.1 Å². The van der Waals surface area contributed by atoms with Crippen LogP contribution in [-0.4, -0.2) is 25.2 Å². The van der Waals surface area contributed by atoms with Crippen LogP contribution in [-0.2, 0) is 19.1 Å². The number of carbonyl (C=O) groups excluding carboxylic acids is 2. The van der Waals surface area contributed by atoms with Gasteiger partial charge >= 0.3 is 11.9 Å². The predicted octanol–water partition coefficient (Wildman–Crippen LogP) is 3.03. The number of carbonyl (C=O) groups is 2. The van der Waals surface area contributed by atoms with Crippen LogP contribution in [0.2, 0.25) is 0 Å². The molecule has 0 N–H and O–H groups in total. The number of allylic oxidation sites excluding steroid dienone is 3. The van der Waals surface area contributed by atoms with Crippen molar-refractivity contribution >= 4 is 11.9 Å². The zero-order valence-corrected chi connectivity index (χ0v) is 12.6. The molecule has 0 radical (unpaired) electrons. The van der Waals surface area contributed by atoms with Gasteiger partial charge < -0.3 is 9.47 Å². The van der Waals surface area contributed by atoms with E-state index in [4.69, 9.17) is 9.47 Å². The van der Waals surface area contributed by atoms with Crippen LogP contribution in [0.25, 0.3) is 0 Å². The Hall–Kier alpha value is -1.58. The maximum Gasteiger partial charge on any atom is 0.328 e. The fraction of sp³-hybridized carbons (Fsp3) is 0.625. The summed E-state index contributed by atoms with van der Waals surface area (Å²) in [5.74, 6) is -1.24. The standard InChI is InChI=1S/C16H24O4/c1-4-12-16(14(17)19-5-2,15(18)20-6-3)13-10-8-7-9-11-13/h4,8,10,12-13H,5-7,9,11H2,1-3H3/b12-4+. The Balaban J connectivity index is 3.24. The zero-order chi connectivity index (χ0) is 15.0. The van der Waals surface area contributed by atoms with E-state index in [1.807, 2.05) is 12.2 Å². The molecule has 0 aromatic heterocycles. The van der Waals surface area contributed by atoms with E-state index in [2.05, 4.69) is 0 Å². The van der Waals surface area contributed by atoms with Crippen LogP contribution in [0.3, 0.4) is 0 Å². The number of rotatable bonds is 6. The van der Waals surface area contributed by atoms with Gasteiger partial charge in [0.25, 0.3) is 0 Å². The second-order valence-corrected chi connectivity index (χ2v) is 4.78. The normalized spacial score (nSPS) is 19.1. The zero-order valence-electron chi connectivity index (χ0n) is 12.6. The first-order chi connectivity index (χ1) is 9.63. The molecule has 20 heavy (non-hydrogen) atoms. The minimum Gasteiger partial charge on any atom is -0.465 e. The van der Waals surface area contributed by atoms with Crippen LogP contribution in [0, 0.1) is 11.3 Å². The largest absolute Gasteiger partial charge is 0.465 e. The van der Waals surface area contributed by atoms with Gasteiger partial charge in [0, 0.05) is 5.92 Å². The van der Waals surface area contributed by atoms with Gasteiger partial charge in [-0.1, -0.05) is 24.3 Å². The molecule has 1 rings (SSSR count). The highest BCUT2D eigenvalue weighted by Gasteiger charge is 2.52. The van der Waals surface area contributed by atoms with E-state index >= 15 is 0 Å². The molecule has 1 atom stereocenters. The van der Waals surface area contributed by atoms with Crippen LogP contribution < -0.4 is 0 Å².